The molecule has 1 unspecified atom stereocenters. The van der Waals surface area contributed by atoms with Gasteiger partial charge < -0.3 is 10.4 Å². The number of nitrogens with one attached hydrogen (secondary N) is 1. The molecule has 4 nitrogen and oxygen atoms in total. The van der Waals surface area contributed by atoms with E-state index in [0.29, 0.717) is 10.6 Å². The van der Waals surface area contributed by atoms with Crippen molar-refractivity contribution in [1.82, 2.24) is 5.32 Å². The van der Waals surface area contributed by atoms with Gasteiger partial charge in [-0.25, -0.2) is 0 Å². The van der Waals surface area contributed by atoms with Crippen LogP contribution in [0.5, 0.6) is 0 Å². The molecule has 0 fully saturated rings. The van der Waals surface area contributed by atoms with Gasteiger partial charge in [-0.05, 0) is 17.7 Å². The molecule has 0 aliphatic carbocycles. The van der Waals surface area contributed by atoms with Gasteiger partial charge in [0.15, 0.2) is 0 Å². The van der Waals surface area contributed by atoms with Crippen LogP contribution < -0.4 is 5.32 Å². The molecule has 0 radical (unpaired) electrons. The second kappa shape index (κ2) is 5.51. The summed E-state index contributed by atoms with van der Waals surface area (Å²) in [4.78, 5) is 22.2. The minimum Gasteiger partial charge on any atom is -0.481 e. The Morgan fingerprint density at radius 3 is 2.38 bits per heavy atom. The van der Waals surface area contributed by atoms with Gasteiger partial charge >= 0.3 is 5.97 Å². The number of halogens is 1. The molecular formula is C11H12ClNO3. The van der Waals surface area contributed by atoms with Gasteiger partial charge in [0.2, 0.25) is 5.91 Å². The number of amides is 1. The molecular weight excluding hydrogens is 230 g/mol. The Morgan fingerprint density at radius 2 is 1.94 bits per heavy atom. The summed E-state index contributed by atoms with van der Waals surface area (Å²) in [7, 11) is 1.48. The molecule has 1 rings (SSSR count). The number of carbonyl (C=O) groups is 2. The van der Waals surface area contributed by atoms with Crippen LogP contribution in [0.2, 0.25) is 5.02 Å². The highest BCUT2D eigenvalue weighted by Crippen LogP contribution is 2.21. The predicted molar refractivity (Wildman–Crippen MR) is 60.5 cm³/mol. The van der Waals surface area contributed by atoms with E-state index >= 15 is 0 Å². The molecule has 0 aromatic heterocycles. The summed E-state index contributed by atoms with van der Waals surface area (Å²) in [6.45, 7) is 0. The predicted octanol–water partition coefficient (Wildman–Crippen LogP) is 1.64. The first kappa shape index (κ1) is 12.5. The summed E-state index contributed by atoms with van der Waals surface area (Å²) in [5.74, 6) is -2.16. The molecule has 1 aromatic rings. The van der Waals surface area contributed by atoms with Crippen molar-refractivity contribution >= 4 is 23.5 Å². The van der Waals surface area contributed by atoms with Crippen molar-refractivity contribution in [2.45, 2.75) is 12.3 Å². The first-order valence-corrected chi connectivity index (χ1v) is 5.11. The molecule has 0 bridgehead atoms. The Hall–Kier alpha value is -1.55. The minimum absolute atomic E-state index is 0.0759. The number of benzene rings is 1. The molecule has 0 saturated carbocycles. The molecule has 2 N–H and O–H groups in total. The van der Waals surface area contributed by atoms with Crippen molar-refractivity contribution in [3.8, 4) is 0 Å². The van der Waals surface area contributed by atoms with Gasteiger partial charge in [-0.15, -0.1) is 0 Å². The zero-order chi connectivity index (χ0) is 12.1. The Morgan fingerprint density at radius 1 is 1.38 bits per heavy atom. The number of hydrogen-bond acceptors (Lipinski definition) is 2. The summed E-state index contributed by atoms with van der Waals surface area (Å²) >= 11 is 5.70. The van der Waals surface area contributed by atoms with Crippen LogP contribution in [-0.2, 0) is 9.59 Å². The van der Waals surface area contributed by atoms with E-state index in [1.165, 1.54) is 7.05 Å². The van der Waals surface area contributed by atoms with E-state index in [1.807, 2.05) is 0 Å². The van der Waals surface area contributed by atoms with Crippen molar-refractivity contribution < 1.29 is 14.7 Å². The Balaban J connectivity index is 2.89. The average molecular weight is 242 g/mol. The Kier molecular flexibility index (Phi) is 4.31. The van der Waals surface area contributed by atoms with Gasteiger partial charge in [0.25, 0.3) is 0 Å². The van der Waals surface area contributed by atoms with E-state index in [1.54, 1.807) is 24.3 Å². The van der Waals surface area contributed by atoms with Crippen LogP contribution in [0.4, 0.5) is 0 Å². The molecule has 1 amide bonds. The van der Waals surface area contributed by atoms with Crippen LogP contribution in [0.1, 0.15) is 17.9 Å². The monoisotopic (exact) mass is 241 g/mol. The van der Waals surface area contributed by atoms with Crippen molar-refractivity contribution in [3.05, 3.63) is 34.9 Å². The second-order valence-corrected chi connectivity index (χ2v) is 3.76. The third kappa shape index (κ3) is 3.24. The van der Waals surface area contributed by atoms with Crippen molar-refractivity contribution in [2.24, 2.45) is 0 Å². The molecule has 0 heterocycles. The lowest BCUT2D eigenvalue weighted by Crippen LogP contribution is -2.24. The SMILES string of the molecule is CNC(=O)CC(C(=O)O)c1ccc(Cl)cc1. The van der Waals surface area contributed by atoms with Gasteiger partial charge in [-0.1, -0.05) is 23.7 Å². The highest BCUT2D eigenvalue weighted by molar-refractivity contribution is 6.30. The molecule has 0 saturated heterocycles. The third-order valence-corrected chi connectivity index (χ3v) is 2.49. The van der Waals surface area contributed by atoms with E-state index in [9.17, 15) is 9.59 Å². The number of carboxylic acid groups (broad SMARTS) is 1. The quantitative estimate of drug-likeness (QED) is 0.842. The normalized spacial score (nSPS) is 11.9. The van der Waals surface area contributed by atoms with Crippen LogP contribution >= 0.6 is 11.6 Å². The number of carbonyl (C=O) groups excluding carboxylic acids is 1. The molecule has 16 heavy (non-hydrogen) atoms. The van der Waals surface area contributed by atoms with Gasteiger partial charge in [-0.3, -0.25) is 9.59 Å². The molecule has 0 aliphatic heterocycles. The van der Waals surface area contributed by atoms with Gasteiger partial charge in [-0.2, -0.15) is 0 Å². The van der Waals surface area contributed by atoms with Crippen LogP contribution in [0.15, 0.2) is 24.3 Å². The number of rotatable bonds is 4. The van der Waals surface area contributed by atoms with Crippen LogP contribution in [-0.4, -0.2) is 24.0 Å². The van der Waals surface area contributed by atoms with Crippen LogP contribution in [0, 0.1) is 0 Å². The van der Waals surface area contributed by atoms with Crippen molar-refractivity contribution in [2.75, 3.05) is 7.05 Å². The van der Waals surface area contributed by atoms with Gasteiger partial charge in [0, 0.05) is 18.5 Å². The highest BCUT2D eigenvalue weighted by Gasteiger charge is 2.22. The van der Waals surface area contributed by atoms with E-state index < -0.39 is 11.9 Å². The summed E-state index contributed by atoms with van der Waals surface area (Å²) in [5.41, 5.74) is 0.570. The number of aliphatic carboxylic acids is 1. The fourth-order valence-corrected chi connectivity index (χ4v) is 1.46. The largest absolute Gasteiger partial charge is 0.481 e. The molecule has 86 valence electrons. The van der Waals surface area contributed by atoms with E-state index in [2.05, 4.69) is 5.32 Å². The van der Waals surface area contributed by atoms with E-state index in [4.69, 9.17) is 16.7 Å². The number of carboxylic acids is 1. The second-order valence-electron chi connectivity index (χ2n) is 3.32. The first-order chi connectivity index (χ1) is 7.54. The first-order valence-electron chi connectivity index (χ1n) is 4.73. The lowest BCUT2D eigenvalue weighted by molar-refractivity contribution is -0.140. The van der Waals surface area contributed by atoms with Gasteiger partial charge in [0.1, 0.15) is 0 Å². The maximum Gasteiger partial charge on any atom is 0.311 e. The van der Waals surface area contributed by atoms with Crippen LogP contribution in [0.3, 0.4) is 0 Å². The zero-order valence-electron chi connectivity index (χ0n) is 8.74. The smallest absolute Gasteiger partial charge is 0.311 e. The molecule has 1 aromatic carbocycles. The highest BCUT2D eigenvalue weighted by atomic mass is 35.5. The molecule has 1 atom stereocenters. The Labute approximate surface area is 98.2 Å². The maximum absolute atomic E-state index is 11.2. The topological polar surface area (TPSA) is 66.4 Å². The fourth-order valence-electron chi connectivity index (χ4n) is 1.33. The molecule has 0 spiro atoms. The molecule has 5 heteroatoms. The Bertz CT molecular complexity index is 389. The zero-order valence-corrected chi connectivity index (χ0v) is 9.49. The summed E-state index contributed by atoms with van der Waals surface area (Å²) in [6.07, 6.45) is -0.0759. The van der Waals surface area contributed by atoms with E-state index in [-0.39, 0.29) is 12.3 Å². The fraction of sp³-hybridized carbons (Fsp3) is 0.273. The third-order valence-electron chi connectivity index (χ3n) is 2.24. The summed E-state index contributed by atoms with van der Waals surface area (Å²) in [6, 6.07) is 6.45. The minimum atomic E-state index is -1.02. The maximum atomic E-state index is 11.2. The number of hydrogen-bond donors (Lipinski definition) is 2. The van der Waals surface area contributed by atoms with Crippen molar-refractivity contribution in [3.63, 3.8) is 0 Å². The summed E-state index contributed by atoms with van der Waals surface area (Å²) in [5, 5.41) is 12.0. The van der Waals surface area contributed by atoms with Gasteiger partial charge in [0.05, 0.1) is 5.92 Å². The summed E-state index contributed by atoms with van der Waals surface area (Å²) < 4.78 is 0. The average Bonchev–Trinajstić information content (AvgIpc) is 2.26. The lowest BCUT2D eigenvalue weighted by Gasteiger charge is -2.11. The van der Waals surface area contributed by atoms with E-state index in [0.717, 1.165) is 0 Å². The van der Waals surface area contributed by atoms with Crippen LogP contribution in [0.25, 0.3) is 0 Å². The van der Waals surface area contributed by atoms with Crippen molar-refractivity contribution in [1.29, 1.82) is 0 Å². The standard InChI is InChI=1S/C11H12ClNO3/c1-13-10(14)6-9(11(15)16)7-2-4-8(12)5-3-7/h2-5,9H,6H2,1H3,(H,13,14)(H,15,16). The lowest BCUT2D eigenvalue weighted by atomic mass is 9.95. The molecule has 0 aliphatic rings.